The zero-order valence-electron chi connectivity index (χ0n) is 23.3. The van der Waals surface area contributed by atoms with Gasteiger partial charge in [0.1, 0.15) is 0 Å². The van der Waals surface area contributed by atoms with Crippen LogP contribution in [0.1, 0.15) is 80.6 Å². The van der Waals surface area contributed by atoms with Gasteiger partial charge in [0.05, 0.1) is 0 Å². The van der Waals surface area contributed by atoms with Crippen molar-refractivity contribution in [1.29, 1.82) is 0 Å². The molecule has 2 aliphatic rings. The highest BCUT2D eigenvalue weighted by Crippen LogP contribution is 2.34. The van der Waals surface area contributed by atoms with Crippen molar-refractivity contribution in [3.63, 3.8) is 0 Å². The molecular formula is C29H52N4O. The lowest BCUT2D eigenvalue weighted by atomic mass is 9.83. The summed E-state index contributed by atoms with van der Waals surface area (Å²) in [6.45, 7) is 19.7. The number of allylic oxidation sites excluding steroid dienone is 5. The minimum Gasteiger partial charge on any atom is -0.342 e. The maximum absolute atomic E-state index is 13.1. The summed E-state index contributed by atoms with van der Waals surface area (Å²) in [7, 11) is 2.12. The second-order valence-corrected chi connectivity index (χ2v) is 11.6. The van der Waals surface area contributed by atoms with E-state index in [0.717, 1.165) is 64.8 Å². The molecule has 5 nitrogen and oxygen atoms in total. The molecular weight excluding hydrogens is 420 g/mol. The first-order valence-electron chi connectivity index (χ1n) is 13.5. The third kappa shape index (κ3) is 8.07. The molecule has 3 N–H and O–H groups in total. The molecule has 0 bridgehead atoms. The standard InChI is InChI=1S/C29H52N4O/c1-9-27(31-14-10-13-30)26-18-22(3)21(2)17-25(19-26)24-11-15-33(16-12-24)28(34)23(4)20-32(8)29(5,6)7/h17-18,23-24,27,31H,9-16,19-20,30H2,1-8H3. The molecule has 2 unspecified atom stereocenters. The summed E-state index contributed by atoms with van der Waals surface area (Å²) in [6.07, 6.45) is 10.1. The van der Waals surface area contributed by atoms with Crippen LogP contribution < -0.4 is 11.1 Å². The highest BCUT2D eigenvalue weighted by molar-refractivity contribution is 5.78. The number of amides is 1. The van der Waals surface area contributed by atoms with Crippen LogP contribution in [-0.4, -0.2) is 67.1 Å². The van der Waals surface area contributed by atoms with E-state index in [1.165, 1.54) is 16.7 Å². The smallest absolute Gasteiger partial charge is 0.226 e. The second-order valence-electron chi connectivity index (χ2n) is 11.6. The Morgan fingerprint density at radius 2 is 1.82 bits per heavy atom. The van der Waals surface area contributed by atoms with Gasteiger partial charge >= 0.3 is 0 Å². The summed E-state index contributed by atoms with van der Waals surface area (Å²) in [5.41, 5.74) is 11.6. The first-order valence-corrected chi connectivity index (χ1v) is 13.5. The van der Waals surface area contributed by atoms with Crippen molar-refractivity contribution in [2.45, 2.75) is 92.2 Å². The Balaban J connectivity index is 2.02. The van der Waals surface area contributed by atoms with Crippen molar-refractivity contribution in [1.82, 2.24) is 15.1 Å². The summed E-state index contributed by atoms with van der Waals surface area (Å²) < 4.78 is 0. The fraction of sp³-hybridized carbons (Fsp3) is 0.759. The maximum Gasteiger partial charge on any atom is 0.226 e. The highest BCUT2D eigenvalue weighted by atomic mass is 16.2. The average molecular weight is 473 g/mol. The van der Waals surface area contributed by atoms with Gasteiger partial charge in [0.15, 0.2) is 0 Å². The fourth-order valence-corrected chi connectivity index (χ4v) is 5.07. The summed E-state index contributed by atoms with van der Waals surface area (Å²) in [5.74, 6) is 0.902. The Bertz CT molecular complexity index is 765. The van der Waals surface area contributed by atoms with E-state index in [4.69, 9.17) is 5.73 Å². The van der Waals surface area contributed by atoms with Gasteiger partial charge in [-0.2, -0.15) is 0 Å². The lowest BCUT2D eigenvalue weighted by molar-refractivity contribution is -0.137. The maximum atomic E-state index is 13.1. The Morgan fingerprint density at radius 1 is 1.21 bits per heavy atom. The number of carbonyl (C=O) groups excluding carboxylic acids is 1. The minimum atomic E-state index is 0.0325. The van der Waals surface area contributed by atoms with Crippen LogP contribution in [0.5, 0.6) is 0 Å². The van der Waals surface area contributed by atoms with E-state index in [2.05, 4.69) is 82.8 Å². The molecule has 0 saturated carbocycles. The molecule has 0 aromatic heterocycles. The van der Waals surface area contributed by atoms with E-state index in [9.17, 15) is 4.79 Å². The number of likely N-dealkylation sites (tertiary alicyclic amines) is 1. The molecule has 0 aromatic rings. The molecule has 1 aliphatic heterocycles. The fourth-order valence-electron chi connectivity index (χ4n) is 5.07. The summed E-state index contributed by atoms with van der Waals surface area (Å²) in [6, 6.07) is 0.401. The third-order valence-electron chi connectivity index (χ3n) is 7.91. The molecule has 0 spiro atoms. The zero-order valence-corrected chi connectivity index (χ0v) is 23.3. The Labute approximate surface area is 209 Å². The average Bonchev–Trinajstić information content (AvgIpc) is 2.94. The van der Waals surface area contributed by atoms with Gasteiger partial charge in [-0.25, -0.2) is 0 Å². The number of rotatable bonds is 10. The van der Waals surface area contributed by atoms with Crippen LogP contribution >= 0.6 is 0 Å². The number of hydrogen-bond donors (Lipinski definition) is 2. The number of hydrogen-bond acceptors (Lipinski definition) is 4. The van der Waals surface area contributed by atoms with Gasteiger partial charge in [-0.15, -0.1) is 0 Å². The lowest BCUT2D eigenvalue weighted by Gasteiger charge is -2.38. The SMILES string of the molecule is CCC(NCCCN)C1=CC(C)=C(C)C=C(C2CCN(C(=O)C(C)CN(C)C(C)(C)C)CC2)C1. The number of piperidine rings is 1. The molecule has 2 atom stereocenters. The molecule has 1 saturated heterocycles. The minimum absolute atomic E-state index is 0.0325. The Hall–Kier alpha value is -1.43. The number of nitrogens with one attached hydrogen (secondary N) is 1. The molecule has 1 fully saturated rings. The molecule has 1 amide bonds. The molecule has 0 radical (unpaired) electrons. The molecule has 0 aromatic carbocycles. The largest absolute Gasteiger partial charge is 0.342 e. The van der Waals surface area contributed by atoms with Crippen LogP contribution in [0.25, 0.3) is 0 Å². The van der Waals surface area contributed by atoms with Gasteiger partial charge in [0.2, 0.25) is 5.91 Å². The summed E-state index contributed by atoms with van der Waals surface area (Å²) >= 11 is 0. The van der Waals surface area contributed by atoms with Gasteiger partial charge in [0.25, 0.3) is 0 Å². The first kappa shape index (κ1) is 28.8. The van der Waals surface area contributed by atoms with E-state index < -0.39 is 0 Å². The normalized spacial score (nSPS) is 20.2. The van der Waals surface area contributed by atoms with Gasteiger partial charge in [-0.1, -0.05) is 31.6 Å². The van der Waals surface area contributed by atoms with E-state index >= 15 is 0 Å². The van der Waals surface area contributed by atoms with Crippen molar-refractivity contribution < 1.29 is 4.79 Å². The topological polar surface area (TPSA) is 61.6 Å². The number of nitrogens with two attached hydrogens (primary N) is 1. The van der Waals surface area contributed by atoms with Crippen molar-refractivity contribution in [2.75, 3.05) is 39.8 Å². The lowest BCUT2D eigenvalue weighted by Crippen LogP contribution is -2.47. The van der Waals surface area contributed by atoms with Crippen LogP contribution in [0.2, 0.25) is 0 Å². The van der Waals surface area contributed by atoms with Gasteiger partial charge < -0.3 is 20.9 Å². The number of nitrogens with zero attached hydrogens (tertiary/aromatic N) is 2. The molecule has 1 heterocycles. The van der Waals surface area contributed by atoms with Crippen molar-refractivity contribution in [3.05, 3.63) is 34.4 Å². The van der Waals surface area contributed by atoms with Gasteiger partial charge in [0, 0.05) is 37.1 Å². The first-order chi connectivity index (χ1) is 16.0. The van der Waals surface area contributed by atoms with Crippen LogP contribution in [0.3, 0.4) is 0 Å². The highest BCUT2D eigenvalue weighted by Gasteiger charge is 2.30. The molecule has 194 valence electrons. The van der Waals surface area contributed by atoms with Gasteiger partial charge in [-0.3, -0.25) is 4.79 Å². The van der Waals surface area contributed by atoms with E-state index in [-0.39, 0.29) is 11.5 Å². The van der Waals surface area contributed by atoms with E-state index in [0.29, 0.717) is 17.9 Å². The van der Waals surface area contributed by atoms with Crippen LogP contribution in [0, 0.1) is 11.8 Å². The van der Waals surface area contributed by atoms with Crippen molar-refractivity contribution >= 4 is 5.91 Å². The predicted molar refractivity (Wildman–Crippen MR) is 146 cm³/mol. The monoisotopic (exact) mass is 472 g/mol. The Kier molecular flexibility index (Phi) is 11.0. The molecule has 5 heteroatoms. The molecule has 1 aliphatic carbocycles. The second kappa shape index (κ2) is 13.0. The van der Waals surface area contributed by atoms with Crippen molar-refractivity contribution in [2.24, 2.45) is 17.6 Å². The molecule has 2 rings (SSSR count). The number of carbonyl (C=O) groups is 1. The van der Waals surface area contributed by atoms with E-state index in [1.54, 1.807) is 5.57 Å². The molecule has 34 heavy (non-hydrogen) atoms. The quantitative estimate of drug-likeness (QED) is 0.444. The van der Waals surface area contributed by atoms with Crippen LogP contribution in [0.15, 0.2) is 34.4 Å². The van der Waals surface area contributed by atoms with Gasteiger partial charge in [-0.05, 0) is 109 Å². The summed E-state index contributed by atoms with van der Waals surface area (Å²) in [5, 5.41) is 3.73. The van der Waals surface area contributed by atoms with E-state index in [1.807, 2.05) is 0 Å². The predicted octanol–water partition coefficient (Wildman–Crippen LogP) is 4.90. The third-order valence-corrected chi connectivity index (χ3v) is 7.91. The van der Waals surface area contributed by atoms with Crippen LogP contribution in [-0.2, 0) is 4.79 Å². The zero-order chi connectivity index (χ0) is 25.5. The van der Waals surface area contributed by atoms with Crippen molar-refractivity contribution in [3.8, 4) is 0 Å². The summed E-state index contributed by atoms with van der Waals surface area (Å²) in [4.78, 5) is 17.6. The Morgan fingerprint density at radius 3 is 2.38 bits per heavy atom. The van der Waals surface area contributed by atoms with Crippen LogP contribution in [0.4, 0.5) is 0 Å².